The van der Waals surface area contributed by atoms with Crippen molar-refractivity contribution in [2.45, 2.75) is 65.0 Å². The molecule has 0 spiro atoms. The zero-order valence-corrected chi connectivity index (χ0v) is 20.4. The van der Waals surface area contributed by atoms with Crippen LogP contribution in [0.15, 0.2) is 53.3 Å². The topological polar surface area (TPSA) is 79.7 Å². The number of fused-ring (bicyclic) bond motifs is 2. The third-order valence-corrected chi connectivity index (χ3v) is 7.27. The van der Waals surface area contributed by atoms with Gasteiger partial charge in [-0.05, 0) is 90.7 Å². The highest BCUT2D eigenvalue weighted by Gasteiger charge is 2.36. The number of nitrogens with zero attached hydrogens (tertiary/aromatic N) is 5. The molecule has 3 heterocycles. The van der Waals surface area contributed by atoms with Crippen molar-refractivity contribution in [1.82, 2.24) is 25.2 Å². The van der Waals surface area contributed by atoms with Crippen molar-refractivity contribution in [2.75, 3.05) is 11.4 Å². The molecule has 7 nitrogen and oxygen atoms in total. The third kappa shape index (κ3) is 3.79. The molecule has 5 rings (SSSR count). The Balaban J connectivity index is 1.77. The molecule has 1 atom stereocenters. The van der Waals surface area contributed by atoms with Crippen molar-refractivity contribution in [3.63, 3.8) is 0 Å². The lowest BCUT2D eigenvalue weighted by molar-refractivity contribution is 0.287. The van der Waals surface area contributed by atoms with Crippen LogP contribution in [0.1, 0.15) is 69.1 Å². The molecule has 1 aliphatic heterocycles. The lowest BCUT2D eigenvalue weighted by Crippen LogP contribution is -2.40. The number of anilines is 1. The fourth-order valence-electron chi connectivity index (χ4n) is 4.92. The van der Waals surface area contributed by atoms with E-state index in [1.54, 1.807) is 0 Å². The molecule has 7 heteroatoms. The number of rotatable bonds is 6. The molecule has 176 valence electrons. The summed E-state index contributed by atoms with van der Waals surface area (Å²) in [5.74, 6) is 0.694. The summed E-state index contributed by atoms with van der Waals surface area (Å²) in [6, 6.07) is 16.3. The zero-order valence-electron chi connectivity index (χ0n) is 20.4. The number of aromatic amines is 1. The highest BCUT2D eigenvalue weighted by molar-refractivity contribution is 5.80. The van der Waals surface area contributed by atoms with Crippen LogP contribution in [-0.4, -0.2) is 31.7 Å². The van der Waals surface area contributed by atoms with Crippen molar-refractivity contribution in [2.24, 2.45) is 0 Å². The average Bonchev–Trinajstić information content (AvgIpc) is 3.35. The molecule has 0 radical (unpaired) electrons. The number of hydrogen-bond donors (Lipinski definition) is 1. The van der Waals surface area contributed by atoms with Gasteiger partial charge in [-0.15, -0.1) is 5.10 Å². The van der Waals surface area contributed by atoms with Crippen LogP contribution in [0.2, 0.25) is 0 Å². The predicted molar refractivity (Wildman–Crippen MR) is 135 cm³/mol. The summed E-state index contributed by atoms with van der Waals surface area (Å²) in [4.78, 5) is 19.0. The Morgan fingerprint density at radius 1 is 1.12 bits per heavy atom. The standard InChI is InChI=1S/C27H32N6O/c1-5-18-13-14-22-20(16-18)17-21(26(34)28-22)24(25-29-30-31-33(25)27(3,4)6-2)32-15-9-11-19-10-7-8-12-23(19)32/h7-8,10,12-14,16-17,24H,5-6,9,11,15H2,1-4H3,(H,28,34)/t24-/m1/s1. The first-order valence-corrected chi connectivity index (χ1v) is 12.2. The first kappa shape index (κ1) is 22.3. The largest absolute Gasteiger partial charge is 0.357 e. The van der Waals surface area contributed by atoms with Gasteiger partial charge in [0.1, 0.15) is 6.04 Å². The van der Waals surface area contributed by atoms with Gasteiger partial charge in [0.25, 0.3) is 5.56 Å². The van der Waals surface area contributed by atoms with Crippen LogP contribution in [0.5, 0.6) is 0 Å². The molecule has 1 N–H and O–H groups in total. The van der Waals surface area contributed by atoms with Gasteiger partial charge < -0.3 is 9.88 Å². The van der Waals surface area contributed by atoms with Crippen molar-refractivity contribution < 1.29 is 0 Å². The Hall–Kier alpha value is -3.48. The second-order valence-corrected chi connectivity index (χ2v) is 9.77. The summed E-state index contributed by atoms with van der Waals surface area (Å²) in [7, 11) is 0. The van der Waals surface area contributed by atoms with E-state index in [0.717, 1.165) is 48.8 Å². The number of benzene rings is 2. The number of nitrogens with one attached hydrogen (secondary N) is 1. The number of pyridine rings is 1. The van der Waals surface area contributed by atoms with Crippen LogP contribution in [0.25, 0.3) is 10.9 Å². The van der Waals surface area contributed by atoms with Gasteiger partial charge in [0, 0.05) is 23.3 Å². The molecule has 4 aromatic rings. The second-order valence-electron chi connectivity index (χ2n) is 9.77. The molecule has 0 saturated carbocycles. The first-order valence-electron chi connectivity index (χ1n) is 12.2. The summed E-state index contributed by atoms with van der Waals surface area (Å²) in [6.45, 7) is 9.36. The van der Waals surface area contributed by atoms with Gasteiger partial charge in [-0.3, -0.25) is 4.79 Å². The van der Waals surface area contributed by atoms with E-state index in [4.69, 9.17) is 0 Å². The number of tetrazole rings is 1. The Kier molecular flexibility index (Phi) is 5.71. The van der Waals surface area contributed by atoms with Gasteiger partial charge in [0.15, 0.2) is 5.82 Å². The van der Waals surface area contributed by atoms with Crippen LogP contribution >= 0.6 is 0 Å². The maximum absolute atomic E-state index is 13.5. The van der Waals surface area contributed by atoms with E-state index in [2.05, 4.69) is 89.5 Å². The van der Waals surface area contributed by atoms with Gasteiger partial charge in [0.2, 0.25) is 0 Å². The summed E-state index contributed by atoms with van der Waals surface area (Å²) >= 11 is 0. The number of hydrogen-bond acceptors (Lipinski definition) is 5. The molecule has 0 bridgehead atoms. The van der Waals surface area contributed by atoms with Crippen molar-refractivity contribution in [1.29, 1.82) is 0 Å². The molecule has 0 saturated heterocycles. The smallest absolute Gasteiger partial charge is 0.254 e. The molecule has 0 aliphatic carbocycles. The number of aryl methyl sites for hydroxylation is 2. The van der Waals surface area contributed by atoms with E-state index in [-0.39, 0.29) is 11.1 Å². The molecule has 0 unspecified atom stereocenters. The van der Waals surface area contributed by atoms with E-state index in [1.165, 1.54) is 11.1 Å². The SMILES string of the molecule is CCc1ccc2[nH]c(=O)c([C@H](c3nnnn3C(C)(C)CC)N3CCCc4ccccc43)cc2c1. The van der Waals surface area contributed by atoms with Crippen LogP contribution in [0, 0.1) is 0 Å². The van der Waals surface area contributed by atoms with E-state index in [9.17, 15) is 4.79 Å². The fraction of sp³-hybridized carbons (Fsp3) is 0.407. The molecular weight excluding hydrogens is 424 g/mol. The van der Waals surface area contributed by atoms with Gasteiger partial charge in [-0.1, -0.05) is 38.1 Å². The first-order chi connectivity index (χ1) is 16.4. The lowest BCUT2D eigenvalue weighted by atomic mass is 9.95. The molecule has 34 heavy (non-hydrogen) atoms. The molecule has 2 aromatic carbocycles. The third-order valence-electron chi connectivity index (χ3n) is 7.27. The minimum absolute atomic E-state index is 0.103. The summed E-state index contributed by atoms with van der Waals surface area (Å²) in [5.41, 5.74) is 4.79. The highest BCUT2D eigenvalue weighted by Crippen LogP contribution is 2.38. The Labute approximate surface area is 199 Å². The normalized spacial score (nSPS) is 14.9. The predicted octanol–water partition coefficient (Wildman–Crippen LogP) is 4.76. The van der Waals surface area contributed by atoms with E-state index >= 15 is 0 Å². The van der Waals surface area contributed by atoms with Crippen LogP contribution in [0.4, 0.5) is 5.69 Å². The van der Waals surface area contributed by atoms with Crippen molar-refractivity contribution >= 4 is 16.6 Å². The van der Waals surface area contributed by atoms with Gasteiger partial charge >= 0.3 is 0 Å². The number of para-hydroxylation sites is 1. The maximum Gasteiger partial charge on any atom is 0.254 e. The van der Waals surface area contributed by atoms with E-state index < -0.39 is 6.04 Å². The Morgan fingerprint density at radius 2 is 1.94 bits per heavy atom. The Morgan fingerprint density at radius 3 is 2.74 bits per heavy atom. The minimum Gasteiger partial charge on any atom is -0.357 e. The fourth-order valence-corrected chi connectivity index (χ4v) is 4.92. The van der Waals surface area contributed by atoms with Gasteiger partial charge in [0.05, 0.1) is 5.54 Å². The number of aromatic nitrogens is 5. The molecule has 0 amide bonds. The van der Waals surface area contributed by atoms with Crippen LogP contribution < -0.4 is 10.5 Å². The van der Waals surface area contributed by atoms with E-state index in [1.807, 2.05) is 16.8 Å². The lowest BCUT2D eigenvalue weighted by Gasteiger charge is -2.38. The average molecular weight is 457 g/mol. The van der Waals surface area contributed by atoms with Crippen molar-refractivity contribution in [3.05, 3.63) is 81.4 Å². The Bertz CT molecular complexity index is 1390. The quantitative estimate of drug-likeness (QED) is 0.452. The van der Waals surface area contributed by atoms with Gasteiger partial charge in [-0.2, -0.15) is 0 Å². The van der Waals surface area contributed by atoms with Gasteiger partial charge in [-0.25, -0.2) is 4.68 Å². The monoisotopic (exact) mass is 456 g/mol. The van der Waals surface area contributed by atoms with Crippen molar-refractivity contribution in [3.8, 4) is 0 Å². The highest BCUT2D eigenvalue weighted by atomic mass is 16.1. The second kappa shape index (κ2) is 8.70. The minimum atomic E-state index is -0.402. The van der Waals surface area contributed by atoms with Crippen LogP contribution in [0.3, 0.4) is 0 Å². The molecule has 1 aliphatic rings. The summed E-state index contributed by atoms with van der Waals surface area (Å²) < 4.78 is 1.90. The molecular formula is C27H32N6O. The molecule has 0 fully saturated rings. The van der Waals surface area contributed by atoms with E-state index in [0.29, 0.717) is 11.4 Å². The zero-order chi connectivity index (χ0) is 23.9. The summed E-state index contributed by atoms with van der Waals surface area (Å²) in [6.07, 6.45) is 3.84. The summed E-state index contributed by atoms with van der Waals surface area (Å²) in [5, 5.41) is 14.0. The van der Waals surface area contributed by atoms with Crippen LogP contribution in [-0.2, 0) is 18.4 Å². The number of H-pyrrole nitrogens is 1. The molecule has 2 aromatic heterocycles. The maximum atomic E-state index is 13.5.